The van der Waals surface area contributed by atoms with Crippen LogP contribution >= 0.6 is 11.6 Å². The molecule has 1 heterocycles. The number of nitrogens with one attached hydrogen (secondary N) is 1. The number of nitrogens with zero attached hydrogens (tertiary/aromatic N) is 2. The largest absolute Gasteiger partial charge is 0.492 e. The van der Waals surface area contributed by atoms with Gasteiger partial charge in [0.15, 0.2) is 0 Å². The van der Waals surface area contributed by atoms with E-state index >= 15 is 0 Å². The Morgan fingerprint density at radius 3 is 2.55 bits per heavy atom. The maximum Gasteiger partial charge on any atom is 0.246 e. The van der Waals surface area contributed by atoms with Crippen molar-refractivity contribution in [2.75, 3.05) is 36.5 Å². The van der Waals surface area contributed by atoms with Crippen LogP contribution in [-0.4, -0.2) is 50.8 Å². The minimum absolute atomic E-state index is 0.00565. The van der Waals surface area contributed by atoms with E-state index in [0.29, 0.717) is 36.1 Å². The van der Waals surface area contributed by atoms with Crippen molar-refractivity contribution in [2.24, 2.45) is 5.92 Å². The number of rotatable bonds is 9. The van der Waals surface area contributed by atoms with Crippen LogP contribution in [0.3, 0.4) is 0 Å². The first kappa shape index (κ1) is 25.0. The first-order valence-corrected chi connectivity index (χ1v) is 12.7. The topological polar surface area (TPSA) is 96.0 Å². The van der Waals surface area contributed by atoms with Gasteiger partial charge in [-0.15, -0.1) is 0 Å². The lowest BCUT2D eigenvalue weighted by molar-refractivity contribution is -0.122. The van der Waals surface area contributed by atoms with E-state index < -0.39 is 15.9 Å². The molecule has 3 rings (SSSR count). The molecule has 2 aromatic carbocycles. The second-order valence-corrected chi connectivity index (χ2v) is 9.90. The highest BCUT2D eigenvalue weighted by Gasteiger charge is 2.35. The van der Waals surface area contributed by atoms with Crippen LogP contribution in [0.15, 0.2) is 47.4 Å². The number of carbonyl (C=O) groups excluding carboxylic acids is 2. The Morgan fingerprint density at radius 1 is 1.18 bits per heavy atom. The lowest BCUT2D eigenvalue weighted by Crippen LogP contribution is -2.31. The van der Waals surface area contributed by atoms with Crippen LogP contribution in [0.1, 0.15) is 27.2 Å². The van der Waals surface area contributed by atoms with Gasteiger partial charge in [0.2, 0.25) is 21.8 Å². The fourth-order valence-electron chi connectivity index (χ4n) is 3.79. The Labute approximate surface area is 199 Å². The minimum Gasteiger partial charge on any atom is -0.492 e. The lowest BCUT2D eigenvalue weighted by Gasteiger charge is -2.21. The van der Waals surface area contributed by atoms with E-state index in [1.807, 2.05) is 0 Å². The monoisotopic (exact) mass is 493 g/mol. The molecule has 1 fully saturated rings. The Morgan fingerprint density at radius 2 is 1.91 bits per heavy atom. The van der Waals surface area contributed by atoms with E-state index in [9.17, 15) is 18.0 Å². The molecule has 0 saturated carbocycles. The Balaban J connectivity index is 1.82. The summed E-state index contributed by atoms with van der Waals surface area (Å²) in [5.41, 5.74) is 0.958. The number of hydrogen-bond donors (Lipinski definition) is 1. The first-order chi connectivity index (χ1) is 15.7. The average molecular weight is 494 g/mol. The van der Waals surface area contributed by atoms with Gasteiger partial charge in [0.25, 0.3) is 0 Å². The Hall–Kier alpha value is -2.62. The van der Waals surface area contributed by atoms with Crippen molar-refractivity contribution in [3.05, 3.63) is 47.5 Å². The molecular weight excluding hydrogens is 466 g/mol. The molecule has 0 aromatic heterocycles. The smallest absolute Gasteiger partial charge is 0.246 e. The van der Waals surface area contributed by atoms with Crippen molar-refractivity contribution in [1.82, 2.24) is 4.31 Å². The maximum atomic E-state index is 13.1. The fourth-order valence-corrected chi connectivity index (χ4v) is 5.59. The Kier molecular flexibility index (Phi) is 7.99. The van der Waals surface area contributed by atoms with Gasteiger partial charge < -0.3 is 15.0 Å². The summed E-state index contributed by atoms with van der Waals surface area (Å²) in [7, 11) is -3.81. The molecule has 1 atom stereocenters. The molecule has 2 amide bonds. The summed E-state index contributed by atoms with van der Waals surface area (Å²) < 4.78 is 33.1. The van der Waals surface area contributed by atoms with Crippen molar-refractivity contribution < 1.29 is 22.7 Å². The molecule has 1 aliphatic rings. The van der Waals surface area contributed by atoms with Gasteiger partial charge in [-0.05, 0) is 43.3 Å². The van der Waals surface area contributed by atoms with Crippen LogP contribution in [0.25, 0.3) is 0 Å². The summed E-state index contributed by atoms with van der Waals surface area (Å²) in [4.78, 5) is 26.9. The number of carbonyl (C=O) groups is 2. The summed E-state index contributed by atoms with van der Waals surface area (Å²) >= 11 is 6.03. The van der Waals surface area contributed by atoms with Crippen LogP contribution in [0.5, 0.6) is 5.75 Å². The van der Waals surface area contributed by atoms with Crippen molar-refractivity contribution in [3.63, 3.8) is 0 Å². The average Bonchev–Trinajstić information content (AvgIpc) is 3.17. The highest BCUT2D eigenvalue weighted by Crippen LogP contribution is 2.31. The van der Waals surface area contributed by atoms with Gasteiger partial charge in [-0.1, -0.05) is 31.5 Å². The second-order valence-electron chi connectivity index (χ2n) is 7.56. The summed E-state index contributed by atoms with van der Waals surface area (Å²) in [6.07, 6.45) is 0.0555. The third kappa shape index (κ3) is 5.48. The molecular formula is C23H28ClN3O5S. The number of ether oxygens (including phenoxy) is 1. The molecule has 33 heavy (non-hydrogen) atoms. The summed E-state index contributed by atoms with van der Waals surface area (Å²) in [6, 6.07) is 11.4. The quantitative estimate of drug-likeness (QED) is 0.573. The molecule has 1 aliphatic heterocycles. The van der Waals surface area contributed by atoms with Crippen molar-refractivity contribution >= 4 is 44.8 Å². The highest BCUT2D eigenvalue weighted by atomic mass is 35.5. The molecule has 2 aromatic rings. The third-order valence-corrected chi connectivity index (χ3v) is 7.76. The molecule has 0 radical (unpaired) electrons. The van der Waals surface area contributed by atoms with Gasteiger partial charge >= 0.3 is 0 Å². The second kappa shape index (κ2) is 10.5. The zero-order valence-electron chi connectivity index (χ0n) is 18.9. The fraction of sp³-hybridized carbons (Fsp3) is 0.391. The van der Waals surface area contributed by atoms with E-state index in [4.69, 9.17) is 16.3 Å². The number of amides is 2. The molecule has 0 bridgehead atoms. The van der Waals surface area contributed by atoms with Crippen LogP contribution < -0.4 is 15.0 Å². The third-order valence-electron chi connectivity index (χ3n) is 5.45. The normalized spacial score (nSPS) is 16.3. The summed E-state index contributed by atoms with van der Waals surface area (Å²) in [6.45, 7) is 6.43. The summed E-state index contributed by atoms with van der Waals surface area (Å²) in [5, 5.41) is 3.27. The Bertz CT molecular complexity index is 1130. The van der Waals surface area contributed by atoms with Crippen LogP contribution in [0, 0.1) is 5.92 Å². The van der Waals surface area contributed by atoms with Crippen molar-refractivity contribution in [3.8, 4) is 5.75 Å². The van der Waals surface area contributed by atoms with E-state index in [0.717, 1.165) is 0 Å². The van der Waals surface area contributed by atoms with Gasteiger partial charge in [-0.2, -0.15) is 4.31 Å². The number of hydrogen-bond acceptors (Lipinski definition) is 5. The molecule has 178 valence electrons. The van der Waals surface area contributed by atoms with Crippen LogP contribution in [0.4, 0.5) is 11.4 Å². The molecule has 0 spiro atoms. The van der Waals surface area contributed by atoms with Crippen molar-refractivity contribution in [1.29, 1.82) is 0 Å². The zero-order valence-corrected chi connectivity index (χ0v) is 20.4. The SMILES string of the molecule is CCOc1ccc(NC(=O)C2CC(=O)N(c3cccc(Cl)c3)C2)cc1S(=O)(=O)N(CC)CC. The van der Waals surface area contributed by atoms with Crippen molar-refractivity contribution in [2.45, 2.75) is 32.1 Å². The molecule has 1 saturated heterocycles. The molecule has 1 unspecified atom stereocenters. The van der Waals surface area contributed by atoms with Crippen LogP contribution in [0.2, 0.25) is 5.02 Å². The molecule has 10 heteroatoms. The molecule has 0 aliphatic carbocycles. The number of sulfonamides is 1. The predicted octanol–water partition coefficient (Wildman–Crippen LogP) is 3.76. The highest BCUT2D eigenvalue weighted by molar-refractivity contribution is 7.89. The van der Waals surface area contributed by atoms with Gasteiger partial charge in [0.05, 0.1) is 12.5 Å². The summed E-state index contributed by atoms with van der Waals surface area (Å²) in [5.74, 6) is -0.881. The van der Waals surface area contributed by atoms with Gasteiger partial charge in [0, 0.05) is 42.5 Å². The number of benzene rings is 2. The van der Waals surface area contributed by atoms with E-state index in [1.54, 1.807) is 51.1 Å². The van der Waals surface area contributed by atoms with Gasteiger partial charge in [-0.25, -0.2) is 8.42 Å². The van der Waals surface area contributed by atoms with E-state index in [1.165, 1.54) is 21.3 Å². The number of halogens is 1. The first-order valence-electron chi connectivity index (χ1n) is 10.8. The lowest BCUT2D eigenvalue weighted by atomic mass is 10.1. The van der Waals surface area contributed by atoms with Gasteiger partial charge in [0.1, 0.15) is 10.6 Å². The molecule has 1 N–H and O–H groups in total. The van der Waals surface area contributed by atoms with E-state index in [-0.39, 0.29) is 35.4 Å². The van der Waals surface area contributed by atoms with E-state index in [2.05, 4.69) is 5.32 Å². The van der Waals surface area contributed by atoms with Gasteiger partial charge in [-0.3, -0.25) is 9.59 Å². The minimum atomic E-state index is -3.81. The zero-order chi connectivity index (χ0) is 24.2. The predicted molar refractivity (Wildman–Crippen MR) is 128 cm³/mol. The standard InChI is InChI=1S/C23H28ClN3O5S/c1-4-26(5-2)33(30,31)21-14-18(10-11-20(21)32-6-3)25-23(29)16-12-22(28)27(15-16)19-9-7-8-17(24)13-19/h7-11,13-14,16H,4-6,12,15H2,1-3H3,(H,25,29). The molecule has 8 nitrogen and oxygen atoms in total. The number of anilines is 2. The van der Waals surface area contributed by atoms with Crippen LogP contribution in [-0.2, 0) is 19.6 Å². The maximum absolute atomic E-state index is 13.1.